The summed E-state index contributed by atoms with van der Waals surface area (Å²) in [5.41, 5.74) is 0. The van der Waals surface area contributed by atoms with Gasteiger partial charge in [-0.1, -0.05) is 24.6 Å². The van der Waals surface area contributed by atoms with Crippen LogP contribution >= 0.6 is 46.8 Å². The number of hydrogen-bond donors (Lipinski definition) is 9. The van der Waals surface area contributed by atoms with Crippen molar-refractivity contribution in [2.75, 3.05) is 11.5 Å². The number of carbonyl (C=O) groups is 5. The van der Waals surface area contributed by atoms with Gasteiger partial charge in [-0.15, -0.1) is 11.7 Å². The van der Waals surface area contributed by atoms with Crippen LogP contribution in [0, 0.1) is 0 Å². The van der Waals surface area contributed by atoms with Crippen molar-refractivity contribution in [3.8, 4) is 0 Å². The van der Waals surface area contributed by atoms with E-state index in [1.54, 1.807) is 13.8 Å². The molecule has 2 amide bonds. The SMILES string of the molecule is CC(C)N[C@@H](CCSC[C@H](NC(=O)[C@H](CCC(=O)O)NC(C)SS)C(=O)C(C)S)C(=O)N[C@H](C(=O)O)[C@@H](C)O. The number of hydrogen-bond acceptors (Lipinski definition) is 12. The summed E-state index contributed by atoms with van der Waals surface area (Å²) >= 11 is 9.63. The van der Waals surface area contributed by atoms with Crippen LogP contribution in [0.5, 0.6) is 0 Å². The van der Waals surface area contributed by atoms with E-state index in [0.717, 1.165) is 10.8 Å². The number of aliphatic carboxylic acids is 2. The van der Waals surface area contributed by atoms with Gasteiger partial charge in [0.15, 0.2) is 11.8 Å². The summed E-state index contributed by atoms with van der Waals surface area (Å²) in [5, 5.41) is 38.2. The fraction of sp³-hybridized carbons (Fsp3) is 0.783. The van der Waals surface area contributed by atoms with Crippen molar-refractivity contribution < 1.29 is 39.3 Å². The zero-order valence-corrected chi connectivity index (χ0v) is 26.2. The Morgan fingerprint density at radius 1 is 0.846 bits per heavy atom. The zero-order valence-electron chi connectivity index (χ0n) is 22.7. The molecule has 0 radical (unpaired) electrons. The van der Waals surface area contributed by atoms with E-state index in [2.05, 4.69) is 45.6 Å². The molecule has 0 spiro atoms. The third kappa shape index (κ3) is 16.0. The van der Waals surface area contributed by atoms with Crippen LogP contribution in [0.4, 0.5) is 0 Å². The average Bonchev–Trinajstić information content (AvgIpc) is 2.84. The van der Waals surface area contributed by atoms with Gasteiger partial charge in [-0.2, -0.15) is 24.4 Å². The predicted molar refractivity (Wildman–Crippen MR) is 160 cm³/mol. The first-order chi connectivity index (χ1) is 18.1. The topological polar surface area (TPSA) is 194 Å². The van der Waals surface area contributed by atoms with Gasteiger partial charge in [-0.25, -0.2) is 4.79 Å². The number of carbonyl (C=O) groups excluding carboxylic acids is 3. The highest BCUT2D eigenvalue weighted by molar-refractivity contribution is 8.68. The minimum atomic E-state index is -1.46. The number of aliphatic hydroxyl groups excluding tert-OH is 1. The Morgan fingerprint density at radius 3 is 1.87 bits per heavy atom. The molecule has 0 aromatic heterocycles. The molecule has 0 aromatic rings. The number of rotatable bonds is 21. The van der Waals surface area contributed by atoms with Gasteiger partial charge < -0.3 is 31.3 Å². The number of aliphatic hydroxyl groups is 1. The molecule has 0 aliphatic carbocycles. The highest BCUT2D eigenvalue weighted by atomic mass is 33.1. The Bertz CT molecular complexity index is 819. The molecular weight excluding hydrogens is 589 g/mol. The number of ketones is 1. The smallest absolute Gasteiger partial charge is 0.328 e. The van der Waals surface area contributed by atoms with Crippen LogP contribution in [-0.2, 0) is 24.0 Å². The quantitative estimate of drug-likeness (QED) is 0.0371. The number of thioether (sulfide) groups is 1. The number of carboxylic acids is 2. The third-order valence-electron chi connectivity index (χ3n) is 5.36. The number of Topliss-reactive ketones (excluding diaryl/α,β-unsaturated/α-hetero) is 1. The van der Waals surface area contributed by atoms with Gasteiger partial charge in [-0.05, 0) is 39.4 Å². The van der Waals surface area contributed by atoms with Crippen LogP contribution in [0.15, 0.2) is 0 Å². The van der Waals surface area contributed by atoms with Crippen molar-refractivity contribution in [1.82, 2.24) is 21.3 Å². The van der Waals surface area contributed by atoms with Crippen molar-refractivity contribution in [2.45, 2.75) is 101 Å². The van der Waals surface area contributed by atoms with E-state index < -0.39 is 59.3 Å². The monoisotopic (exact) mass is 630 g/mol. The summed E-state index contributed by atoms with van der Waals surface area (Å²) in [5.74, 6) is -3.25. The summed E-state index contributed by atoms with van der Waals surface area (Å²) in [7, 11) is 1.15. The molecule has 0 aliphatic rings. The van der Waals surface area contributed by atoms with Crippen LogP contribution in [-0.4, -0.2) is 103 Å². The maximum absolute atomic E-state index is 13.0. The molecule has 0 saturated heterocycles. The van der Waals surface area contributed by atoms with Gasteiger partial charge in [0.1, 0.15) is 0 Å². The number of carboxylic acid groups (broad SMARTS) is 2. The number of nitrogens with one attached hydrogen (secondary N) is 4. The molecule has 7 atom stereocenters. The van der Waals surface area contributed by atoms with Crippen LogP contribution in [0.25, 0.3) is 0 Å². The fourth-order valence-corrected chi connectivity index (χ4v) is 5.01. The van der Waals surface area contributed by atoms with Crippen molar-refractivity contribution >= 4 is 76.4 Å². The van der Waals surface area contributed by atoms with Gasteiger partial charge in [0.05, 0.1) is 34.9 Å². The normalized spacial score (nSPS) is 16.8. The van der Waals surface area contributed by atoms with E-state index in [1.165, 1.54) is 18.7 Å². The standard InChI is InChI=1S/C23H42N4O8S4/c1-11(2)24-16(22(33)27-19(12(3)28)23(34)35)8-9-38-10-17(20(31)13(4)36)26-21(32)15(6-7-18(29)30)25-14(5)39-37/h11-17,19,24-25,28,36-37H,6-10H2,1-5H3,(H,26,32)(H,27,33)(H,29,30)(H,34,35)/t12-,13?,14?,15+,16+,17+,19+/m1/s1. The molecule has 16 heteroatoms. The van der Waals surface area contributed by atoms with E-state index in [9.17, 15) is 34.2 Å². The summed E-state index contributed by atoms with van der Waals surface area (Å²) in [4.78, 5) is 60.9. The van der Waals surface area contributed by atoms with Gasteiger partial charge in [0.25, 0.3) is 0 Å². The van der Waals surface area contributed by atoms with E-state index in [1.807, 2.05) is 13.8 Å². The molecular formula is C23H42N4O8S4. The largest absolute Gasteiger partial charge is 0.481 e. The van der Waals surface area contributed by atoms with Crippen LogP contribution in [0.3, 0.4) is 0 Å². The summed E-state index contributed by atoms with van der Waals surface area (Å²) < 4.78 is 0. The van der Waals surface area contributed by atoms with Gasteiger partial charge in [-0.3, -0.25) is 24.5 Å². The molecule has 0 fully saturated rings. The molecule has 0 saturated carbocycles. The second kappa shape index (κ2) is 19.8. The zero-order chi connectivity index (χ0) is 30.3. The minimum absolute atomic E-state index is 0.0196. The number of thiol groups is 2. The Kier molecular flexibility index (Phi) is 19.2. The fourth-order valence-electron chi connectivity index (χ4n) is 3.37. The van der Waals surface area contributed by atoms with Gasteiger partial charge in [0.2, 0.25) is 11.8 Å². The van der Waals surface area contributed by atoms with Gasteiger partial charge in [0, 0.05) is 18.2 Å². The van der Waals surface area contributed by atoms with Crippen molar-refractivity contribution in [3.05, 3.63) is 0 Å². The average molecular weight is 631 g/mol. The van der Waals surface area contributed by atoms with E-state index in [-0.39, 0.29) is 42.2 Å². The van der Waals surface area contributed by atoms with Crippen LogP contribution < -0.4 is 21.3 Å². The second-order valence-electron chi connectivity index (χ2n) is 9.34. The number of amides is 2. The lowest BCUT2D eigenvalue weighted by molar-refractivity contribution is -0.145. The predicted octanol–water partition coefficient (Wildman–Crippen LogP) is 0.546. The summed E-state index contributed by atoms with van der Waals surface area (Å²) in [6.07, 6.45) is -1.23. The summed E-state index contributed by atoms with van der Waals surface area (Å²) in [6, 6.07) is -4.06. The molecule has 0 heterocycles. The second-order valence-corrected chi connectivity index (χ2v) is 12.8. The highest BCUT2D eigenvalue weighted by Crippen LogP contribution is 2.15. The lowest BCUT2D eigenvalue weighted by Crippen LogP contribution is -2.55. The van der Waals surface area contributed by atoms with Crippen molar-refractivity contribution in [1.29, 1.82) is 0 Å². The maximum atomic E-state index is 13.0. The maximum Gasteiger partial charge on any atom is 0.328 e. The van der Waals surface area contributed by atoms with Gasteiger partial charge >= 0.3 is 11.9 Å². The lowest BCUT2D eigenvalue weighted by Gasteiger charge is -2.26. The molecule has 12 nitrogen and oxygen atoms in total. The molecule has 0 aromatic carbocycles. The minimum Gasteiger partial charge on any atom is -0.481 e. The first-order valence-electron chi connectivity index (χ1n) is 12.5. The molecule has 7 N–H and O–H groups in total. The first-order valence-corrected chi connectivity index (χ1v) is 16.1. The van der Waals surface area contributed by atoms with E-state index >= 15 is 0 Å². The van der Waals surface area contributed by atoms with E-state index in [0.29, 0.717) is 5.75 Å². The van der Waals surface area contributed by atoms with Crippen molar-refractivity contribution in [3.63, 3.8) is 0 Å². The first kappa shape index (κ1) is 37.8. The molecule has 2 unspecified atom stereocenters. The van der Waals surface area contributed by atoms with Crippen LogP contribution in [0.1, 0.15) is 53.9 Å². The third-order valence-corrected chi connectivity index (χ3v) is 8.11. The molecule has 39 heavy (non-hydrogen) atoms. The molecule has 226 valence electrons. The molecule has 0 bridgehead atoms. The lowest BCUT2D eigenvalue weighted by atomic mass is 10.1. The Balaban J connectivity index is 5.35. The summed E-state index contributed by atoms with van der Waals surface area (Å²) in [6.45, 7) is 8.29. The van der Waals surface area contributed by atoms with Crippen molar-refractivity contribution in [2.24, 2.45) is 0 Å². The molecule has 0 aliphatic heterocycles. The Labute approximate surface area is 248 Å². The molecule has 0 rings (SSSR count). The highest BCUT2D eigenvalue weighted by Gasteiger charge is 2.30. The Morgan fingerprint density at radius 2 is 1.41 bits per heavy atom. The van der Waals surface area contributed by atoms with Crippen LogP contribution in [0.2, 0.25) is 0 Å². The Hall–Kier alpha value is -1.17. The van der Waals surface area contributed by atoms with E-state index in [4.69, 9.17) is 5.11 Å².